The van der Waals surface area contributed by atoms with Crippen molar-refractivity contribution in [2.24, 2.45) is 0 Å². The highest BCUT2D eigenvalue weighted by molar-refractivity contribution is 5.81. The number of hydrogen-bond donors (Lipinski definition) is 0. The van der Waals surface area contributed by atoms with Gasteiger partial charge < -0.3 is 4.90 Å². The molecule has 2 rings (SSSR count). The average Bonchev–Trinajstić information content (AvgIpc) is 2.50. The van der Waals surface area contributed by atoms with Gasteiger partial charge in [-0.1, -0.05) is 17.7 Å². The lowest BCUT2D eigenvalue weighted by Gasteiger charge is -2.23. The first kappa shape index (κ1) is 14.7. The summed E-state index contributed by atoms with van der Waals surface area (Å²) in [5.41, 5.74) is 2.72. The SMILES string of the molecule is CCN(c1ccc(C)cc1)c1ccc(C=O)cc1[N+](=O)[O-]. The van der Waals surface area contributed by atoms with E-state index in [4.69, 9.17) is 0 Å². The number of anilines is 2. The maximum Gasteiger partial charge on any atom is 0.293 e. The lowest BCUT2D eigenvalue weighted by Crippen LogP contribution is -2.17. The molecule has 0 aliphatic rings. The van der Waals surface area contributed by atoms with Crippen molar-refractivity contribution in [3.8, 4) is 0 Å². The Hall–Kier alpha value is -2.69. The quantitative estimate of drug-likeness (QED) is 0.475. The number of aldehydes is 1. The lowest BCUT2D eigenvalue weighted by atomic mass is 10.1. The Kier molecular flexibility index (Phi) is 4.33. The first-order valence-electron chi connectivity index (χ1n) is 6.64. The molecule has 0 unspecified atom stereocenters. The molecule has 0 bridgehead atoms. The second-order valence-corrected chi connectivity index (χ2v) is 4.70. The third-order valence-electron chi connectivity index (χ3n) is 3.28. The molecule has 0 heterocycles. The van der Waals surface area contributed by atoms with Gasteiger partial charge in [-0.25, -0.2) is 0 Å². The number of aryl methyl sites for hydroxylation is 1. The van der Waals surface area contributed by atoms with Crippen molar-refractivity contribution in [3.63, 3.8) is 0 Å². The summed E-state index contributed by atoms with van der Waals surface area (Å²) in [4.78, 5) is 23.5. The van der Waals surface area contributed by atoms with Crippen LogP contribution in [0.3, 0.4) is 0 Å². The van der Waals surface area contributed by atoms with Gasteiger partial charge >= 0.3 is 0 Å². The maximum atomic E-state index is 11.3. The molecule has 0 fully saturated rings. The summed E-state index contributed by atoms with van der Waals surface area (Å²) in [5, 5.41) is 11.3. The van der Waals surface area contributed by atoms with Crippen LogP contribution in [0.5, 0.6) is 0 Å². The van der Waals surface area contributed by atoms with Crippen LogP contribution in [0.25, 0.3) is 0 Å². The molecule has 0 radical (unpaired) electrons. The number of hydrogen-bond acceptors (Lipinski definition) is 4. The van der Waals surface area contributed by atoms with Gasteiger partial charge in [0.05, 0.1) is 4.92 Å². The molecule has 0 spiro atoms. The maximum absolute atomic E-state index is 11.3. The van der Waals surface area contributed by atoms with Gasteiger partial charge in [0.25, 0.3) is 5.69 Å². The normalized spacial score (nSPS) is 10.2. The smallest absolute Gasteiger partial charge is 0.293 e. The third-order valence-corrected chi connectivity index (χ3v) is 3.28. The van der Waals surface area contributed by atoms with Crippen LogP contribution >= 0.6 is 0 Å². The highest BCUT2D eigenvalue weighted by atomic mass is 16.6. The van der Waals surface area contributed by atoms with Crippen molar-refractivity contribution >= 4 is 23.3 Å². The van der Waals surface area contributed by atoms with Gasteiger partial charge in [-0.05, 0) is 38.1 Å². The highest BCUT2D eigenvalue weighted by Crippen LogP contribution is 2.34. The third kappa shape index (κ3) is 3.08. The van der Waals surface area contributed by atoms with Crippen molar-refractivity contribution in [2.45, 2.75) is 13.8 Å². The summed E-state index contributed by atoms with van der Waals surface area (Å²) in [5.74, 6) is 0. The minimum absolute atomic E-state index is 0.0676. The van der Waals surface area contributed by atoms with Crippen LogP contribution in [-0.2, 0) is 0 Å². The van der Waals surface area contributed by atoms with Crippen LogP contribution in [0.15, 0.2) is 42.5 Å². The van der Waals surface area contributed by atoms with E-state index >= 15 is 0 Å². The molecule has 5 heteroatoms. The fourth-order valence-corrected chi connectivity index (χ4v) is 2.20. The monoisotopic (exact) mass is 284 g/mol. The molecule has 0 atom stereocenters. The molecule has 2 aromatic carbocycles. The fourth-order valence-electron chi connectivity index (χ4n) is 2.20. The Morgan fingerprint density at radius 2 is 1.86 bits per heavy atom. The van der Waals surface area contributed by atoms with E-state index in [2.05, 4.69) is 0 Å². The average molecular weight is 284 g/mol. The number of carbonyl (C=O) groups excluding carboxylic acids is 1. The number of benzene rings is 2. The van der Waals surface area contributed by atoms with Gasteiger partial charge in [-0.3, -0.25) is 14.9 Å². The summed E-state index contributed by atoms with van der Waals surface area (Å²) in [7, 11) is 0. The predicted molar refractivity (Wildman–Crippen MR) is 82.3 cm³/mol. The standard InChI is InChI=1S/C16H16N2O3/c1-3-17(14-7-4-12(2)5-8-14)15-9-6-13(11-19)10-16(15)18(20)21/h4-11H,3H2,1-2H3. The molecular formula is C16H16N2O3. The van der Waals surface area contributed by atoms with Crippen molar-refractivity contribution in [1.82, 2.24) is 0 Å². The van der Waals surface area contributed by atoms with E-state index in [1.54, 1.807) is 12.1 Å². The number of carbonyl (C=O) groups is 1. The highest BCUT2D eigenvalue weighted by Gasteiger charge is 2.20. The largest absolute Gasteiger partial charge is 0.336 e. The van der Waals surface area contributed by atoms with Gasteiger partial charge in [-0.15, -0.1) is 0 Å². The number of nitrogens with zero attached hydrogens (tertiary/aromatic N) is 2. The van der Waals surface area contributed by atoms with E-state index in [9.17, 15) is 14.9 Å². The van der Waals surface area contributed by atoms with E-state index in [0.717, 1.165) is 11.3 Å². The van der Waals surface area contributed by atoms with Crippen molar-refractivity contribution in [3.05, 3.63) is 63.7 Å². The number of nitro benzene ring substituents is 1. The summed E-state index contributed by atoms with van der Waals surface area (Å²) in [6, 6.07) is 12.3. The van der Waals surface area contributed by atoms with E-state index in [-0.39, 0.29) is 5.69 Å². The van der Waals surface area contributed by atoms with Gasteiger partial charge in [-0.2, -0.15) is 0 Å². The zero-order valence-corrected chi connectivity index (χ0v) is 11.9. The van der Waals surface area contributed by atoms with E-state index in [1.807, 2.05) is 43.0 Å². The zero-order chi connectivity index (χ0) is 15.4. The van der Waals surface area contributed by atoms with Crippen molar-refractivity contribution < 1.29 is 9.72 Å². The molecule has 0 aliphatic heterocycles. The second-order valence-electron chi connectivity index (χ2n) is 4.70. The summed E-state index contributed by atoms with van der Waals surface area (Å²) in [6.45, 7) is 4.50. The van der Waals surface area contributed by atoms with Gasteiger partial charge in [0.1, 0.15) is 12.0 Å². The Morgan fingerprint density at radius 3 is 2.38 bits per heavy atom. The van der Waals surface area contributed by atoms with Crippen molar-refractivity contribution in [1.29, 1.82) is 0 Å². The molecule has 21 heavy (non-hydrogen) atoms. The van der Waals surface area contributed by atoms with Gasteiger partial charge in [0, 0.05) is 23.9 Å². The second kappa shape index (κ2) is 6.17. The minimum atomic E-state index is -0.459. The first-order valence-corrected chi connectivity index (χ1v) is 6.64. The first-order chi connectivity index (χ1) is 10.1. The zero-order valence-electron chi connectivity index (χ0n) is 11.9. The lowest BCUT2D eigenvalue weighted by molar-refractivity contribution is -0.384. The Morgan fingerprint density at radius 1 is 1.19 bits per heavy atom. The van der Waals surface area contributed by atoms with Gasteiger partial charge in [0.15, 0.2) is 0 Å². The number of rotatable bonds is 5. The van der Waals surface area contributed by atoms with E-state index in [1.165, 1.54) is 6.07 Å². The van der Waals surface area contributed by atoms with Gasteiger partial charge in [0.2, 0.25) is 0 Å². The Balaban J connectivity index is 2.53. The van der Waals surface area contributed by atoms with Crippen molar-refractivity contribution in [2.75, 3.05) is 11.4 Å². The summed E-state index contributed by atoms with van der Waals surface area (Å²) < 4.78 is 0. The fraction of sp³-hybridized carbons (Fsp3) is 0.188. The van der Waals surface area contributed by atoms with Crippen LogP contribution in [-0.4, -0.2) is 17.8 Å². The topological polar surface area (TPSA) is 63.5 Å². The van der Waals surface area contributed by atoms with Crippen LogP contribution < -0.4 is 4.90 Å². The predicted octanol–water partition coefficient (Wildman–Crippen LogP) is 3.87. The summed E-state index contributed by atoms with van der Waals surface area (Å²) >= 11 is 0. The Bertz CT molecular complexity index is 666. The van der Waals surface area contributed by atoms with Crippen LogP contribution in [0, 0.1) is 17.0 Å². The van der Waals surface area contributed by atoms with Crippen LogP contribution in [0.2, 0.25) is 0 Å². The molecule has 5 nitrogen and oxygen atoms in total. The molecule has 0 saturated carbocycles. The molecule has 0 amide bonds. The Labute approximate surface area is 123 Å². The molecule has 2 aromatic rings. The molecule has 0 saturated heterocycles. The van der Waals surface area contributed by atoms with E-state index < -0.39 is 4.92 Å². The summed E-state index contributed by atoms with van der Waals surface area (Å²) in [6.07, 6.45) is 0.610. The van der Waals surface area contributed by atoms with E-state index in [0.29, 0.717) is 24.1 Å². The number of nitro groups is 1. The van der Waals surface area contributed by atoms with Crippen LogP contribution in [0.1, 0.15) is 22.8 Å². The molecule has 0 N–H and O–H groups in total. The van der Waals surface area contributed by atoms with Crippen LogP contribution in [0.4, 0.5) is 17.1 Å². The minimum Gasteiger partial charge on any atom is -0.336 e. The molecule has 108 valence electrons. The molecule has 0 aromatic heterocycles. The molecular weight excluding hydrogens is 268 g/mol. The molecule has 0 aliphatic carbocycles.